The molecule has 0 saturated heterocycles. The van der Waals surface area contributed by atoms with E-state index in [0.29, 0.717) is 16.4 Å². The first-order valence-corrected chi connectivity index (χ1v) is 9.13. The van der Waals surface area contributed by atoms with Gasteiger partial charge in [0.05, 0.1) is 7.11 Å². The number of nitrogens with one attached hydrogen (secondary N) is 2. The molecule has 8 heteroatoms. The average Bonchev–Trinajstić information content (AvgIpc) is 2.99. The van der Waals surface area contributed by atoms with Crippen molar-refractivity contribution in [2.75, 3.05) is 19.0 Å². The van der Waals surface area contributed by atoms with E-state index in [0.717, 1.165) is 11.4 Å². The Balaban J connectivity index is 1.77. The van der Waals surface area contributed by atoms with Crippen molar-refractivity contribution in [3.8, 4) is 5.75 Å². The molecule has 140 valence electrons. The number of rotatable bonds is 7. The number of methoxy groups -OCH3 is 1. The SMILES string of the molecule is COc1cccc(C(=O)NCCC(=O)Nc2nnc(CC(C)(C)C)s2)c1. The zero-order valence-electron chi connectivity index (χ0n) is 15.5. The van der Waals surface area contributed by atoms with Crippen molar-refractivity contribution in [3.63, 3.8) is 0 Å². The van der Waals surface area contributed by atoms with Gasteiger partial charge in [-0.2, -0.15) is 0 Å². The van der Waals surface area contributed by atoms with Crippen molar-refractivity contribution < 1.29 is 14.3 Å². The second-order valence-electron chi connectivity index (χ2n) is 7.02. The van der Waals surface area contributed by atoms with Gasteiger partial charge < -0.3 is 15.4 Å². The maximum Gasteiger partial charge on any atom is 0.251 e. The lowest BCUT2D eigenvalue weighted by Crippen LogP contribution is -2.27. The maximum absolute atomic E-state index is 12.1. The zero-order valence-corrected chi connectivity index (χ0v) is 16.3. The number of hydrogen-bond donors (Lipinski definition) is 2. The minimum absolute atomic E-state index is 0.116. The van der Waals surface area contributed by atoms with Gasteiger partial charge in [0.25, 0.3) is 5.91 Å². The largest absolute Gasteiger partial charge is 0.497 e. The molecular weight excluding hydrogens is 352 g/mol. The van der Waals surface area contributed by atoms with Crippen molar-refractivity contribution in [2.45, 2.75) is 33.6 Å². The summed E-state index contributed by atoms with van der Waals surface area (Å²) in [7, 11) is 1.54. The Bertz CT molecular complexity index is 768. The molecule has 0 aliphatic heterocycles. The smallest absolute Gasteiger partial charge is 0.251 e. The quantitative estimate of drug-likeness (QED) is 0.775. The monoisotopic (exact) mass is 376 g/mol. The first-order valence-electron chi connectivity index (χ1n) is 8.31. The molecule has 0 spiro atoms. The summed E-state index contributed by atoms with van der Waals surface area (Å²) in [4.78, 5) is 24.1. The van der Waals surface area contributed by atoms with Crippen LogP contribution in [0.25, 0.3) is 0 Å². The van der Waals surface area contributed by atoms with E-state index in [2.05, 4.69) is 41.6 Å². The third-order valence-electron chi connectivity index (χ3n) is 3.36. The minimum Gasteiger partial charge on any atom is -0.497 e. The molecule has 0 bridgehead atoms. The van der Waals surface area contributed by atoms with Crippen LogP contribution in [0.4, 0.5) is 5.13 Å². The lowest BCUT2D eigenvalue weighted by molar-refractivity contribution is -0.116. The topological polar surface area (TPSA) is 93.2 Å². The van der Waals surface area contributed by atoms with Crippen LogP contribution in [-0.4, -0.2) is 35.7 Å². The summed E-state index contributed by atoms with van der Waals surface area (Å²) in [6.07, 6.45) is 0.959. The van der Waals surface area contributed by atoms with E-state index in [1.54, 1.807) is 31.4 Å². The molecule has 1 heterocycles. The number of hydrogen-bond acceptors (Lipinski definition) is 6. The highest BCUT2D eigenvalue weighted by Gasteiger charge is 2.16. The molecule has 0 aliphatic rings. The van der Waals surface area contributed by atoms with Gasteiger partial charge >= 0.3 is 0 Å². The Kier molecular flexibility index (Phi) is 6.68. The van der Waals surface area contributed by atoms with Crippen LogP contribution in [0.2, 0.25) is 0 Å². The molecule has 0 saturated carbocycles. The van der Waals surface area contributed by atoms with Gasteiger partial charge in [-0.25, -0.2) is 0 Å². The molecule has 2 aromatic rings. The predicted molar refractivity (Wildman–Crippen MR) is 102 cm³/mol. The van der Waals surface area contributed by atoms with Gasteiger partial charge in [0.15, 0.2) is 0 Å². The van der Waals surface area contributed by atoms with Gasteiger partial charge in [0.2, 0.25) is 11.0 Å². The lowest BCUT2D eigenvalue weighted by atomic mass is 9.93. The first kappa shape index (κ1) is 19.8. The Morgan fingerprint density at radius 3 is 2.69 bits per heavy atom. The highest BCUT2D eigenvalue weighted by molar-refractivity contribution is 7.15. The van der Waals surface area contributed by atoms with Crippen molar-refractivity contribution >= 4 is 28.3 Å². The van der Waals surface area contributed by atoms with Gasteiger partial charge in [0.1, 0.15) is 10.8 Å². The van der Waals surface area contributed by atoms with Crippen LogP contribution < -0.4 is 15.4 Å². The molecule has 0 atom stereocenters. The summed E-state index contributed by atoms with van der Waals surface area (Å²) in [6.45, 7) is 6.60. The molecule has 7 nitrogen and oxygen atoms in total. The number of carbonyl (C=O) groups is 2. The van der Waals surface area contributed by atoms with Crippen molar-refractivity contribution in [1.29, 1.82) is 0 Å². The number of carbonyl (C=O) groups excluding carboxylic acids is 2. The standard InChI is InChI=1S/C18H24N4O3S/c1-18(2,3)11-15-21-22-17(26-15)20-14(23)8-9-19-16(24)12-6-5-7-13(10-12)25-4/h5-7,10H,8-9,11H2,1-4H3,(H,19,24)(H,20,22,23). The average molecular weight is 376 g/mol. The minimum atomic E-state index is -0.250. The fourth-order valence-electron chi connectivity index (χ4n) is 2.17. The molecular formula is C18H24N4O3S. The summed E-state index contributed by atoms with van der Waals surface area (Å²) in [6, 6.07) is 6.84. The Morgan fingerprint density at radius 1 is 1.23 bits per heavy atom. The molecule has 1 aromatic heterocycles. The third-order valence-corrected chi connectivity index (χ3v) is 4.20. The van der Waals surface area contributed by atoms with Crippen molar-refractivity contribution in [2.24, 2.45) is 5.41 Å². The van der Waals surface area contributed by atoms with Crippen LogP contribution in [0.1, 0.15) is 42.6 Å². The first-order chi connectivity index (χ1) is 12.3. The predicted octanol–water partition coefficient (Wildman–Crippen LogP) is 2.89. The Labute approximate surface area is 157 Å². The number of aromatic nitrogens is 2. The Morgan fingerprint density at radius 2 is 2.00 bits per heavy atom. The highest BCUT2D eigenvalue weighted by atomic mass is 32.1. The fourth-order valence-corrected chi connectivity index (χ4v) is 3.22. The summed E-state index contributed by atoms with van der Waals surface area (Å²) in [5.74, 6) is 0.146. The summed E-state index contributed by atoms with van der Waals surface area (Å²) < 4.78 is 5.09. The van der Waals surface area contributed by atoms with E-state index in [1.165, 1.54) is 11.3 Å². The summed E-state index contributed by atoms with van der Waals surface area (Å²) >= 11 is 1.37. The van der Waals surface area contributed by atoms with E-state index >= 15 is 0 Å². The van der Waals surface area contributed by atoms with Gasteiger partial charge in [-0.05, 0) is 23.6 Å². The van der Waals surface area contributed by atoms with Crippen LogP contribution in [0.5, 0.6) is 5.75 Å². The lowest BCUT2D eigenvalue weighted by Gasteiger charge is -2.14. The molecule has 2 N–H and O–H groups in total. The molecule has 0 aliphatic carbocycles. The van der Waals surface area contributed by atoms with Gasteiger partial charge in [-0.15, -0.1) is 10.2 Å². The van der Waals surface area contributed by atoms with Crippen molar-refractivity contribution in [3.05, 3.63) is 34.8 Å². The third kappa shape index (κ3) is 6.44. The molecule has 2 rings (SSSR count). The van der Waals surface area contributed by atoms with Gasteiger partial charge in [0, 0.05) is 24.9 Å². The van der Waals surface area contributed by atoms with Crippen LogP contribution in [0.3, 0.4) is 0 Å². The molecule has 0 fully saturated rings. The number of nitrogens with zero attached hydrogens (tertiary/aromatic N) is 2. The number of amides is 2. The van der Waals surface area contributed by atoms with E-state index in [-0.39, 0.29) is 30.2 Å². The summed E-state index contributed by atoms with van der Waals surface area (Å²) in [5.41, 5.74) is 0.603. The number of benzene rings is 1. The van der Waals surface area contributed by atoms with E-state index in [4.69, 9.17) is 4.74 Å². The van der Waals surface area contributed by atoms with E-state index in [9.17, 15) is 9.59 Å². The van der Waals surface area contributed by atoms with Crippen LogP contribution in [0.15, 0.2) is 24.3 Å². The number of ether oxygens (including phenoxy) is 1. The molecule has 1 aromatic carbocycles. The molecule has 2 amide bonds. The van der Waals surface area contributed by atoms with Gasteiger partial charge in [-0.1, -0.05) is 38.2 Å². The molecule has 0 unspecified atom stereocenters. The highest BCUT2D eigenvalue weighted by Crippen LogP contribution is 2.24. The van der Waals surface area contributed by atoms with Crippen LogP contribution >= 0.6 is 11.3 Å². The normalized spacial score (nSPS) is 11.1. The summed E-state index contributed by atoms with van der Waals surface area (Å²) in [5, 5.41) is 14.9. The number of anilines is 1. The maximum atomic E-state index is 12.1. The van der Waals surface area contributed by atoms with Crippen molar-refractivity contribution in [1.82, 2.24) is 15.5 Å². The molecule has 0 radical (unpaired) electrons. The second-order valence-corrected chi connectivity index (χ2v) is 8.09. The van der Waals surface area contributed by atoms with E-state index < -0.39 is 0 Å². The van der Waals surface area contributed by atoms with Gasteiger partial charge in [-0.3, -0.25) is 9.59 Å². The Hall–Kier alpha value is -2.48. The molecule has 26 heavy (non-hydrogen) atoms. The van der Waals surface area contributed by atoms with Crippen LogP contribution in [0, 0.1) is 5.41 Å². The second kappa shape index (κ2) is 8.75. The van der Waals surface area contributed by atoms with Crippen LogP contribution in [-0.2, 0) is 11.2 Å². The zero-order chi connectivity index (χ0) is 19.2. The fraction of sp³-hybridized carbons (Fsp3) is 0.444. The van der Waals surface area contributed by atoms with E-state index in [1.807, 2.05) is 0 Å².